The van der Waals surface area contributed by atoms with Crippen LogP contribution in [-0.2, 0) is 9.47 Å². The summed E-state index contributed by atoms with van der Waals surface area (Å²) in [5.41, 5.74) is 0.120. The van der Waals surface area contributed by atoms with Crippen molar-refractivity contribution in [1.82, 2.24) is 0 Å². The molecule has 2 nitrogen and oxygen atoms in total. The lowest BCUT2D eigenvalue weighted by molar-refractivity contribution is -0.0594. The number of rotatable bonds is 1. The molecule has 0 aromatic heterocycles. The van der Waals surface area contributed by atoms with E-state index in [0.717, 1.165) is 19.6 Å². The monoisotopic (exact) mass is 170 g/mol. The van der Waals surface area contributed by atoms with Gasteiger partial charge in [-0.05, 0) is 18.8 Å². The summed E-state index contributed by atoms with van der Waals surface area (Å²) in [5, 5.41) is 0. The van der Waals surface area contributed by atoms with Crippen LogP contribution in [0.5, 0.6) is 0 Å². The first-order chi connectivity index (χ1) is 5.72. The minimum atomic E-state index is 0.120. The maximum Gasteiger partial charge on any atom is 0.0941 e. The van der Waals surface area contributed by atoms with E-state index in [1.54, 1.807) is 0 Å². The van der Waals surface area contributed by atoms with Gasteiger partial charge in [0.2, 0.25) is 0 Å². The van der Waals surface area contributed by atoms with E-state index >= 15 is 0 Å². The van der Waals surface area contributed by atoms with E-state index in [2.05, 4.69) is 13.8 Å². The molecule has 0 aromatic carbocycles. The molecule has 2 heteroatoms. The van der Waals surface area contributed by atoms with E-state index < -0.39 is 0 Å². The Morgan fingerprint density at radius 1 is 1.33 bits per heavy atom. The van der Waals surface area contributed by atoms with E-state index in [-0.39, 0.29) is 5.60 Å². The highest BCUT2D eigenvalue weighted by Crippen LogP contribution is 2.39. The number of hydrogen-bond acceptors (Lipinski definition) is 2. The molecule has 70 valence electrons. The Kier molecular flexibility index (Phi) is 2.13. The zero-order valence-electron chi connectivity index (χ0n) is 8.01. The summed E-state index contributed by atoms with van der Waals surface area (Å²) in [4.78, 5) is 0. The van der Waals surface area contributed by atoms with Gasteiger partial charge < -0.3 is 9.47 Å². The zero-order valence-corrected chi connectivity index (χ0v) is 8.01. The Hall–Kier alpha value is -0.0800. The van der Waals surface area contributed by atoms with Crippen molar-refractivity contribution in [3.05, 3.63) is 0 Å². The Balaban J connectivity index is 1.96. The second-order valence-corrected chi connectivity index (χ2v) is 4.42. The third-order valence-corrected chi connectivity index (χ3v) is 3.10. The highest BCUT2D eigenvalue weighted by molar-refractivity contribution is 4.92. The SMILES string of the molecule is CC(C)C1CCC2(CCOC2)O1. The van der Waals surface area contributed by atoms with E-state index in [0.29, 0.717) is 12.0 Å². The van der Waals surface area contributed by atoms with Crippen LogP contribution < -0.4 is 0 Å². The fourth-order valence-electron chi connectivity index (χ4n) is 2.19. The first-order valence-corrected chi connectivity index (χ1v) is 4.97. The second-order valence-electron chi connectivity index (χ2n) is 4.42. The van der Waals surface area contributed by atoms with Crippen LogP contribution in [0.4, 0.5) is 0 Å². The predicted octanol–water partition coefficient (Wildman–Crippen LogP) is 1.98. The quantitative estimate of drug-likeness (QED) is 0.599. The Morgan fingerprint density at radius 2 is 2.17 bits per heavy atom. The van der Waals surface area contributed by atoms with Gasteiger partial charge in [0, 0.05) is 13.0 Å². The fourth-order valence-corrected chi connectivity index (χ4v) is 2.19. The van der Waals surface area contributed by atoms with Gasteiger partial charge in [-0.1, -0.05) is 13.8 Å². The normalized spacial score (nSPS) is 41.8. The van der Waals surface area contributed by atoms with Crippen LogP contribution in [0, 0.1) is 5.92 Å². The summed E-state index contributed by atoms with van der Waals surface area (Å²) in [7, 11) is 0. The molecule has 0 aromatic rings. The predicted molar refractivity (Wildman–Crippen MR) is 47.1 cm³/mol. The van der Waals surface area contributed by atoms with Crippen molar-refractivity contribution in [1.29, 1.82) is 0 Å². The van der Waals surface area contributed by atoms with E-state index in [1.807, 2.05) is 0 Å². The molecule has 0 saturated carbocycles. The second kappa shape index (κ2) is 3.00. The molecule has 0 radical (unpaired) electrons. The molecule has 2 unspecified atom stereocenters. The van der Waals surface area contributed by atoms with Crippen molar-refractivity contribution in [3.8, 4) is 0 Å². The molecular formula is C10H18O2. The number of hydrogen-bond donors (Lipinski definition) is 0. The standard InChI is InChI=1S/C10H18O2/c1-8(2)9-3-4-10(12-9)5-6-11-7-10/h8-9H,3-7H2,1-2H3. The van der Waals surface area contributed by atoms with Gasteiger partial charge in [0.1, 0.15) is 0 Å². The minimum absolute atomic E-state index is 0.120. The highest BCUT2D eigenvalue weighted by Gasteiger charge is 2.43. The molecule has 0 N–H and O–H groups in total. The Bertz CT molecular complexity index is 159. The summed E-state index contributed by atoms with van der Waals surface area (Å²) in [5.74, 6) is 0.657. The van der Waals surface area contributed by atoms with Gasteiger partial charge in [-0.25, -0.2) is 0 Å². The molecule has 1 spiro atoms. The largest absolute Gasteiger partial charge is 0.378 e. The fraction of sp³-hybridized carbons (Fsp3) is 1.00. The van der Waals surface area contributed by atoms with Crippen LogP contribution in [-0.4, -0.2) is 24.9 Å². The van der Waals surface area contributed by atoms with Gasteiger partial charge in [-0.3, -0.25) is 0 Å². The van der Waals surface area contributed by atoms with Gasteiger partial charge >= 0.3 is 0 Å². The highest BCUT2D eigenvalue weighted by atomic mass is 16.6. The molecule has 2 aliphatic rings. The van der Waals surface area contributed by atoms with Gasteiger partial charge in [-0.2, -0.15) is 0 Å². The average Bonchev–Trinajstić information content (AvgIpc) is 2.62. The van der Waals surface area contributed by atoms with Gasteiger partial charge in [-0.15, -0.1) is 0 Å². The summed E-state index contributed by atoms with van der Waals surface area (Å²) in [6, 6.07) is 0. The first kappa shape index (κ1) is 8.52. The van der Waals surface area contributed by atoms with Gasteiger partial charge in [0.15, 0.2) is 0 Å². The van der Waals surface area contributed by atoms with E-state index in [4.69, 9.17) is 9.47 Å². The molecule has 12 heavy (non-hydrogen) atoms. The molecular weight excluding hydrogens is 152 g/mol. The van der Waals surface area contributed by atoms with Gasteiger partial charge in [0.05, 0.1) is 18.3 Å². The van der Waals surface area contributed by atoms with Crippen LogP contribution >= 0.6 is 0 Å². The van der Waals surface area contributed by atoms with E-state index in [9.17, 15) is 0 Å². The lowest BCUT2D eigenvalue weighted by Gasteiger charge is -2.23. The number of ether oxygens (including phenoxy) is 2. The smallest absolute Gasteiger partial charge is 0.0941 e. The topological polar surface area (TPSA) is 18.5 Å². The van der Waals surface area contributed by atoms with Crippen LogP contribution in [0.2, 0.25) is 0 Å². The molecule has 2 heterocycles. The Morgan fingerprint density at radius 3 is 2.67 bits per heavy atom. The van der Waals surface area contributed by atoms with Crippen molar-refractivity contribution < 1.29 is 9.47 Å². The minimum Gasteiger partial charge on any atom is -0.378 e. The summed E-state index contributed by atoms with van der Waals surface area (Å²) < 4.78 is 11.4. The van der Waals surface area contributed by atoms with Crippen molar-refractivity contribution >= 4 is 0 Å². The maximum absolute atomic E-state index is 6.05. The molecule has 2 aliphatic heterocycles. The molecule has 2 saturated heterocycles. The maximum atomic E-state index is 6.05. The van der Waals surface area contributed by atoms with Crippen molar-refractivity contribution in [2.24, 2.45) is 5.92 Å². The lowest BCUT2D eigenvalue weighted by Crippen LogP contribution is -2.30. The average molecular weight is 170 g/mol. The van der Waals surface area contributed by atoms with Crippen LogP contribution in [0.15, 0.2) is 0 Å². The molecule has 0 bridgehead atoms. The van der Waals surface area contributed by atoms with Crippen molar-refractivity contribution in [2.75, 3.05) is 13.2 Å². The lowest BCUT2D eigenvalue weighted by atomic mass is 9.97. The Labute approximate surface area is 74.2 Å². The van der Waals surface area contributed by atoms with Crippen LogP contribution in [0.1, 0.15) is 33.1 Å². The molecule has 0 amide bonds. The van der Waals surface area contributed by atoms with Crippen molar-refractivity contribution in [3.63, 3.8) is 0 Å². The molecule has 2 fully saturated rings. The van der Waals surface area contributed by atoms with Gasteiger partial charge in [0.25, 0.3) is 0 Å². The third kappa shape index (κ3) is 1.38. The summed E-state index contributed by atoms with van der Waals surface area (Å²) >= 11 is 0. The zero-order chi connectivity index (χ0) is 8.60. The third-order valence-electron chi connectivity index (χ3n) is 3.10. The molecule has 0 aliphatic carbocycles. The van der Waals surface area contributed by atoms with E-state index in [1.165, 1.54) is 12.8 Å². The van der Waals surface area contributed by atoms with Crippen molar-refractivity contribution in [2.45, 2.75) is 44.8 Å². The molecule has 2 rings (SSSR count). The summed E-state index contributed by atoms with van der Waals surface area (Å²) in [6.45, 7) is 6.19. The summed E-state index contributed by atoms with van der Waals surface area (Å²) in [6.07, 6.45) is 4.01. The molecule has 2 atom stereocenters. The first-order valence-electron chi connectivity index (χ1n) is 4.97. The van der Waals surface area contributed by atoms with Crippen LogP contribution in [0.25, 0.3) is 0 Å². The van der Waals surface area contributed by atoms with Crippen LogP contribution in [0.3, 0.4) is 0 Å².